The average molecular weight is 347 g/mol. The summed E-state index contributed by atoms with van der Waals surface area (Å²) in [5.41, 5.74) is 2.08. The normalized spacial score (nSPS) is 21.7. The molecule has 0 bridgehead atoms. The summed E-state index contributed by atoms with van der Waals surface area (Å²) in [5.74, 6) is 1.17. The number of β-amino-alcohol motifs (C(OH)–C–C–N with tert-alkyl or cyclic N) is 1. The van der Waals surface area contributed by atoms with Crippen LogP contribution < -0.4 is 10.1 Å². The molecule has 6 heteroatoms. The lowest BCUT2D eigenvalue weighted by Gasteiger charge is -2.34. The molecule has 6 nitrogen and oxygen atoms in total. The average Bonchev–Trinajstić information content (AvgIpc) is 2.60. The Labute approximate surface area is 149 Å². The predicted octanol–water partition coefficient (Wildman–Crippen LogP) is 1.51. The van der Waals surface area contributed by atoms with E-state index in [1.807, 2.05) is 12.1 Å². The number of amides is 1. The number of piperazine rings is 1. The van der Waals surface area contributed by atoms with Crippen molar-refractivity contribution < 1.29 is 14.6 Å². The number of carbonyl (C=O) groups excluding carboxylic acids is 1. The van der Waals surface area contributed by atoms with Crippen LogP contribution in [0.3, 0.4) is 0 Å². The third-order valence-corrected chi connectivity index (χ3v) is 5.09. The Morgan fingerprint density at radius 1 is 1.20 bits per heavy atom. The van der Waals surface area contributed by atoms with Gasteiger partial charge in [0.05, 0.1) is 13.2 Å². The van der Waals surface area contributed by atoms with Gasteiger partial charge in [0, 0.05) is 57.4 Å². The molecule has 138 valence electrons. The largest absolute Gasteiger partial charge is 0.493 e. The number of ether oxygens (including phenoxy) is 1. The van der Waals surface area contributed by atoms with Crippen LogP contribution in [0.5, 0.6) is 5.75 Å². The molecular formula is C19H29N3O3. The summed E-state index contributed by atoms with van der Waals surface area (Å²) in [6, 6.07) is 6.01. The van der Waals surface area contributed by atoms with E-state index < -0.39 is 0 Å². The van der Waals surface area contributed by atoms with Crippen molar-refractivity contribution in [1.82, 2.24) is 9.80 Å². The van der Waals surface area contributed by atoms with E-state index in [0.29, 0.717) is 13.0 Å². The number of nitrogens with one attached hydrogen (secondary N) is 1. The maximum atomic E-state index is 11.7. The quantitative estimate of drug-likeness (QED) is 0.732. The van der Waals surface area contributed by atoms with E-state index in [1.165, 1.54) is 5.56 Å². The molecule has 1 amide bonds. The molecule has 2 aliphatic rings. The van der Waals surface area contributed by atoms with Gasteiger partial charge in [-0.2, -0.15) is 0 Å². The second kappa shape index (κ2) is 8.65. The molecule has 2 heterocycles. The van der Waals surface area contributed by atoms with E-state index in [-0.39, 0.29) is 18.4 Å². The van der Waals surface area contributed by atoms with Crippen LogP contribution in [0.2, 0.25) is 0 Å². The molecule has 1 aromatic rings. The molecule has 1 aromatic carbocycles. The highest BCUT2D eigenvalue weighted by atomic mass is 16.5. The van der Waals surface area contributed by atoms with Crippen molar-refractivity contribution in [2.75, 3.05) is 57.8 Å². The molecule has 25 heavy (non-hydrogen) atoms. The number of benzene rings is 1. The second-order valence-corrected chi connectivity index (χ2v) is 7.01. The van der Waals surface area contributed by atoms with Gasteiger partial charge in [0.1, 0.15) is 5.75 Å². The molecule has 0 aromatic heterocycles. The van der Waals surface area contributed by atoms with Crippen molar-refractivity contribution in [3.8, 4) is 5.75 Å². The highest BCUT2D eigenvalue weighted by Gasteiger charge is 2.22. The van der Waals surface area contributed by atoms with Crippen molar-refractivity contribution in [1.29, 1.82) is 0 Å². The van der Waals surface area contributed by atoms with E-state index in [1.54, 1.807) is 0 Å². The fourth-order valence-corrected chi connectivity index (χ4v) is 3.61. The van der Waals surface area contributed by atoms with Crippen molar-refractivity contribution in [3.05, 3.63) is 23.8 Å². The van der Waals surface area contributed by atoms with Gasteiger partial charge in [0.25, 0.3) is 0 Å². The topological polar surface area (TPSA) is 65.0 Å². The second-order valence-electron chi connectivity index (χ2n) is 7.01. The number of aliphatic hydroxyl groups is 1. The van der Waals surface area contributed by atoms with Gasteiger partial charge < -0.3 is 20.1 Å². The van der Waals surface area contributed by atoms with Gasteiger partial charge in [0.15, 0.2) is 0 Å². The number of hydrogen-bond acceptors (Lipinski definition) is 5. The van der Waals surface area contributed by atoms with Gasteiger partial charge in [-0.25, -0.2) is 0 Å². The first kappa shape index (κ1) is 18.2. The zero-order chi connectivity index (χ0) is 17.6. The van der Waals surface area contributed by atoms with Crippen LogP contribution >= 0.6 is 0 Å². The summed E-state index contributed by atoms with van der Waals surface area (Å²) >= 11 is 0. The molecule has 0 spiro atoms. The molecule has 3 rings (SSSR count). The van der Waals surface area contributed by atoms with Gasteiger partial charge in [0.2, 0.25) is 5.91 Å². The Hall–Kier alpha value is -1.63. The van der Waals surface area contributed by atoms with Crippen molar-refractivity contribution in [2.45, 2.75) is 25.7 Å². The first-order chi connectivity index (χ1) is 12.2. The zero-order valence-corrected chi connectivity index (χ0v) is 15.0. The number of anilines is 1. The van der Waals surface area contributed by atoms with Crippen LogP contribution in [0.4, 0.5) is 5.69 Å². The zero-order valence-electron chi connectivity index (χ0n) is 15.0. The Bertz CT molecular complexity index is 585. The molecule has 1 atom stereocenters. The van der Waals surface area contributed by atoms with Gasteiger partial charge in [-0.3, -0.25) is 9.69 Å². The van der Waals surface area contributed by atoms with Gasteiger partial charge in [-0.05, 0) is 24.0 Å². The highest BCUT2D eigenvalue weighted by Crippen LogP contribution is 2.34. The van der Waals surface area contributed by atoms with Crippen molar-refractivity contribution in [3.63, 3.8) is 0 Å². The van der Waals surface area contributed by atoms with E-state index >= 15 is 0 Å². The van der Waals surface area contributed by atoms with Crippen LogP contribution in [0, 0.1) is 0 Å². The highest BCUT2D eigenvalue weighted by molar-refractivity contribution is 5.94. The SMILES string of the molecule is CC1CC(=O)Nc2cc(OCCCN3CCN(CCO)CC3)ccc21. The van der Waals surface area contributed by atoms with Gasteiger partial charge in [-0.15, -0.1) is 0 Å². The minimum atomic E-state index is 0.0810. The fourth-order valence-electron chi connectivity index (χ4n) is 3.61. The monoisotopic (exact) mass is 347 g/mol. The van der Waals surface area contributed by atoms with Gasteiger partial charge >= 0.3 is 0 Å². The summed E-state index contributed by atoms with van der Waals surface area (Å²) < 4.78 is 5.87. The van der Waals surface area contributed by atoms with Crippen molar-refractivity contribution >= 4 is 11.6 Å². The summed E-state index contributed by atoms with van der Waals surface area (Å²) in [6.45, 7) is 9.00. The summed E-state index contributed by atoms with van der Waals surface area (Å²) in [7, 11) is 0. The molecule has 0 radical (unpaired) electrons. The van der Waals surface area contributed by atoms with Crippen LogP contribution in [0.1, 0.15) is 31.2 Å². The Morgan fingerprint density at radius 3 is 2.64 bits per heavy atom. The van der Waals surface area contributed by atoms with Gasteiger partial charge in [-0.1, -0.05) is 13.0 Å². The number of aliphatic hydroxyl groups excluding tert-OH is 1. The number of hydrogen-bond donors (Lipinski definition) is 2. The Balaban J connectivity index is 1.40. The lowest BCUT2D eigenvalue weighted by molar-refractivity contribution is -0.116. The number of rotatable bonds is 7. The minimum absolute atomic E-state index is 0.0810. The Morgan fingerprint density at radius 2 is 1.92 bits per heavy atom. The summed E-state index contributed by atoms with van der Waals surface area (Å²) in [6.07, 6.45) is 1.54. The van der Waals surface area contributed by atoms with E-state index in [2.05, 4.69) is 28.1 Å². The smallest absolute Gasteiger partial charge is 0.224 e. The molecule has 1 fully saturated rings. The molecule has 2 N–H and O–H groups in total. The van der Waals surface area contributed by atoms with E-state index in [0.717, 1.165) is 57.1 Å². The fraction of sp³-hybridized carbons (Fsp3) is 0.632. The molecule has 2 aliphatic heterocycles. The number of nitrogens with zero attached hydrogens (tertiary/aromatic N) is 2. The maximum Gasteiger partial charge on any atom is 0.224 e. The van der Waals surface area contributed by atoms with E-state index in [4.69, 9.17) is 9.84 Å². The molecule has 0 saturated carbocycles. The standard InChI is InChI=1S/C19H29N3O3/c1-15-13-19(24)20-18-14-16(3-4-17(15)18)25-12-2-5-21-6-8-22(9-7-21)10-11-23/h3-4,14-15,23H,2,5-13H2,1H3,(H,20,24). The van der Waals surface area contributed by atoms with Crippen LogP contribution in [-0.4, -0.2) is 73.3 Å². The maximum absolute atomic E-state index is 11.7. The summed E-state index contributed by atoms with van der Waals surface area (Å²) in [5, 5.41) is 11.9. The third-order valence-electron chi connectivity index (χ3n) is 5.09. The van der Waals surface area contributed by atoms with Crippen LogP contribution in [-0.2, 0) is 4.79 Å². The molecule has 1 unspecified atom stereocenters. The minimum Gasteiger partial charge on any atom is -0.493 e. The summed E-state index contributed by atoms with van der Waals surface area (Å²) in [4.78, 5) is 16.4. The first-order valence-corrected chi connectivity index (χ1v) is 9.28. The molecule has 0 aliphatic carbocycles. The van der Waals surface area contributed by atoms with Crippen LogP contribution in [0.15, 0.2) is 18.2 Å². The lowest BCUT2D eigenvalue weighted by atomic mass is 9.92. The lowest BCUT2D eigenvalue weighted by Crippen LogP contribution is -2.47. The first-order valence-electron chi connectivity index (χ1n) is 9.28. The molecule has 1 saturated heterocycles. The van der Waals surface area contributed by atoms with Crippen LogP contribution in [0.25, 0.3) is 0 Å². The third kappa shape index (κ3) is 4.93. The van der Waals surface area contributed by atoms with E-state index in [9.17, 15) is 4.79 Å². The van der Waals surface area contributed by atoms with Crippen molar-refractivity contribution in [2.24, 2.45) is 0 Å². The number of fused-ring (bicyclic) bond motifs is 1. The Kier molecular flexibility index (Phi) is 6.29. The molecular weight excluding hydrogens is 318 g/mol. The number of carbonyl (C=O) groups is 1. The predicted molar refractivity (Wildman–Crippen MR) is 98.2 cm³/mol.